The predicted octanol–water partition coefficient (Wildman–Crippen LogP) is 3.07. The van der Waals surface area contributed by atoms with Gasteiger partial charge in [0.1, 0.15) is 0 Å². The SMILES string of the molecule is CC(N=N)[Si](C)(C)[Si](C)(C)C. The molecule has 2 nitrogen and oxygen atoms in total. The number of hydrogen-bond acceptors (Lipinski definition) is 2. The van der Waals surface area contributed by atoms with Gasteiger partial charge in [-0.2, -0.15) is 5.11 Å². The average Bonchev–Trinajstić information content (AvgIpc) is 1.83. The summed E-state index contributed by atoms with van der Waals surface area (Å²) >= 11 is 0. The van der Waals surface area contributed by atoms with Crippen molar-refractivity contribution in [3.05, 3.63) is 0 Å². The van der Waals surface area contributed by atoms with Crippen LogP contribution in [0.1, 0.15) is 6.92 Å². The maximum absolute atomic E-state index is 7.03. The van der Waals surface area contributed by atoms with Crippen molar-refractivity contribution in [1.82, 2.24) is 0 Å². The molecule has 0 aliphatic carbocycles. The Labute approximate surface area is 71.7 Å². The van der Waals surface area contributed by atoms with Gasteiger partial charge in [0.2, 0.25) is 0 Å². The lowest BCUT2D eigenvalue weighted by Gasteiger charge is -2.37. The lowest BCUT2D eigenvalue weighted by Crippen LogP contribution is -2.59. The zero-order valence-electron chi connectivity index (χ0n) is 8.52. The molecule has 66 valence electrons. The maximum Gasteiger partial charge on any atom is 0.0718 e. The van der Waals surface area contributed by atoms with Crippen LogP contribution in [0.25, 0.3) is 0 Å². The van der Waals surface area contributed by atoms with Crippen LogP contribution in [0.2, 0.25) is 32.7 Å². The predicted molar refractivity (Wildman–Crippen MR) is 55.4 cm³/mol. The summed E-state index contributed by atoms with van der Waals surface area (Å²) < 4.78 is 0. The second-order valence-corrected chi connectivity index (χ2v) is 21.9. The Morgan fingerprint density at radius 3 is 1.55 bits per heavy atom. The van der Waals surface area contributed by atoms with Crippen molar-refractivity contribution < 1.29 is 0 Å². The second-order valence-electron chi connectivity index (χ2n) is 4.78. The zero-order valence-corrected chi connectivity index (χ0v) is 10.5. The number of nitrogens with one attached hydrogen (secondary N) is 1. The van der Waals surface area contributed by atoms with E-state index < -0.39 is 15.2 Å². The fraction of sp³-hybridized carbons (Fsp3) is 1.00. The van der Waals surface area contributed by atoms with Crippen LogP contribution in [0.15, 0.2) is 5.11 Å². The van der Waals surface area contributed by atoms with Gasteiger partial charge in [-0.1, -0.05) is 32.7 Å². The van der Waals surface area contributed by atoms with Crippen LogP contribution in [0.4, 0.5) is 0 Å². The van der Waals surface area contributed by atoms with Crippen molar-refractivity contribution in [2.75, 3.05) is 0 Å². The Morgan fingerprint density at radius 1 is 1.09 bits per heavy atom. The van der Waals surface area contributed by atoms with Crippen LogP contribution < -0.4 is 0 Å². The molecule has 4 heteroatoms. The molecule has 1 N–H and O–H groups in total. The molecule has 0 amide bonds. The summed E-state index contributed by atoms with van der Waals surface area (Å²) in [6.07, 6.45) is 0. The van der Waals surface area contributed by atoms with E-state index in [4.69, 9.17) is 5.53 Å². The fourth-order valence-electron chi connectivity index (χ4n) is 0.788. The third-order valence-electron chi connectivity index (χ3n) is 3.17. The number of hydrogen-bond donors (Lipinski definition) is 1. The van der Waals surface area contributed by atoms with E-state index in [9.17, 15) is 0 Å². The molecule has 0 saturated carbocycles. The third-order valence-corrected chi connectivity index (χ3v) is 22.1. The first kappa shape index (κ1) is 11.0. The Morgan fingerprint density at radius 2 is 1.45 bits per heavy atom. The standard InChI is InChI=1S/C7H20N2Si2/c1-7(9-8)11(5,6)10(2,3)4/h7-8H,1-6H3. The average molecular weight is 188 g/mol. The minimum Gasteiger partial charge on any atom is -0.210 e. The molecule has 0 fully saturated rings. The van der Waals surface area contributed by atoms with E-state index >= 15 is 0 Å². The van der Waals surface area contributed by atoms with Gasteiger partial charge >= 0.3 is 0 Å². The highest BCUT2D eigenvalue weighted by Crippen LogP contribution is 2.23. The first-order chi connectivity index (χ1) is 4.73. The normalized spacial score (nSPS) is 16.2. The summed E-state index contributed by atoms with van der Waals surface area (Å²) in [6.45, 7) is 14.0. The van der Waals surface area contributed by atoms with Crippen molar-refractivity contribution in [3.63, 3.8) is 0 Å². The molecule has 0 aliphatic rings. The smallest absolute Gasteiger partial charge is 0.0718 e. The summed E-state index contributed by atoms with van der Waals surface area (Å²) in [5.74, 6) is 0. The zero-order chi connectivity index (χ0) is 9.28. The molecule has 0 aliphatic heterocycles. The Balaban J connectivity index is 4.58. The summed E-state index contributed by atoms with van der Waals surface area (Å²) in [6, 6.07) is 0. The van der Waals surface area contributed by atoms with Gasteiger partial charge in [0.15, 0.2) is 0 Å². The second kappa shape index (κ2) is 3.19. The monoisotopic (exact) mass is 188 g/mol. The van der Waals surface area contributed by atoms with Crippen molar-refractivity contribution >= 4 is 15.2 Å². The number of nitrogens with zero attached hydrogens (tertiary/aromatic N) is 1. The summed E-state index contributed by atoms with van der Waals surface area (Å²) in [5.41, 5.74) is 7.33. The van der Waals surface area contributed by atoms with Crippen LogP contribution in [0.3, 0.4) is 0 Å². The topological polar surface area (TPSA) is 36.2 Å². The van der Waals surface area contributed by atoms with Crippen LogP contribution >= 0.6 is 0 Å². The van der Waals surface area contributed by atoms with E-state index in [-0.39, 0.29) is 0 Å². The Bertz CT molecular complexity index is 149. The summed E-state index contributed by atoms with van der Waals surface area (Å²) in [5, 5.41) is 3.67. The van der Waals surface area contributed by atoms with E-state index in [1.54, 1.807) is 0 Å². The Hall–Kier alpha value is 0.0338. The van der Waals surface area contributed by atoms with Gasteiger partial charge in [-0.25, -0.2) is 5.53 Å². The van der Waals surface area contributed by atoms with Crippen molar-refractivity contribution in [2.45, 2.75) is 45.3 Å². The minimum atomic E-state index is -1.22. The van der Waals surface area contributed by atoms with Crippen molar-refractivity contribution in [1.29, 1.82) is 5.53 Å². The van der Waals surface area contributed by atoms with Crippen molar-refractivity contribution in [2.24, 2.45) is 5.11 Å². The highest BCUT2D eigenvalue weighted by Gasteiger charge is 2.41. The highest BCUT2D eigenvalue weighted by atomic mass is 29.3. The molecule has 0 aromatic heterocycles. The number of rotatable bonds is 3. The molecule has 0 spiro atoms. The van der Waals surface area contributed by atoms with E-state index in [2.05, 4.69) is 44.8 Å². The first-order valence-electron chi connectivity index (χ1n) is 4.10. The summed E-state index contributed by atoms with van der Waals surface area (Å²) in [7, 11) is -2.27. The van der Waals surface area contributed by atoms with Crippen LogP contribution in [-0.2, 0) is 0 Å². The molecular weight excluding hydrogens is 168 g/mol. The van der Waals surface area contributed by atoms with Crippen LogP contribution in [0, 0.1) is 5.53 Å². The fourth-order valence-corrected chi connectivity index (χ4v) is 6.32. The molecule has 0 heterocycles. The molecule has 11 heavy (non-hydrogen) atoms. The molecular formula is C7H20N2Si2. The first-order valence-corrected chi connectivity index (χ1v) is 11.7. The molecule has 0 bridgehead atoms. The Kier molecular flexibility index (Phi) is 3.19. The van der Waals surface area contributed by atoms with Crippen molar-refractivity contribution in [3.8, 4) is 0 Å². The van der Waals surface area contributed by atoms with Gasteiger partial charge < -0.3 is 0 Å². The van der Waals surface area contributed by atoms with Gasteiger partial charge in [-0.15, -0.1) is 0 Å². The van der Waals surface area contributed by atoms with Gasteiger partial charge in [-0.3, -0.25) is 0 Å². The van der Waals surface area contributed by atoms with Gasteiger partial charge in [0, 0.05) is 7.59 Å². The molecule has 0 radical (unpaired) electrons. The molecule has 0 saturated heterocycles. The lowest BCUT2D eigenvalue weighted by atomic mass is 10.8. The van der Waals surface area contributed by atoms with Crippen LogP contribution in [0.5, 0.6) is 0 Å². The van der Waals surface area contributed by atoms with Gasteiger partial charge in [0.25, 0.3) is 0 Å². The maximum atomic E-state index is 7.03. The lowest BCUT2D eigenvalue weighted by molar-refractivity contribution is 0.857. The molecule has 1 unspecified atom stereocenters. The van der Waals surface area contributed by atoms with E-state index in [1.807, 2.05) is 0 Å². The molecule has 0 aromatic rings. The van der Waals surface area contributed by atoms with Gasteiger partial charge in [-0.05, 0) is 6.92 Å². The molecule has 0 rings (SSSR count). The molecule has 1 atom stereocenters. The molecule has 0 aromatic carbocycles. The van der Waals surface area contributed by atoms with Crippen LogP contribution in [-0.4, -0.2) is 20.8 Å². The third kappa shape index (κ3) is 2.23. The van der Waals surface area contributed by atoms with Gasteiger partial charge in [0.05, 0.1) is 13.3 Å². The largest absolute Gasteiger partial charge is 0.210 e. The van der Waals surface area contributed by atoms with E-state index in [0.717, 1.165) is 0 Å². The summed E-state index contributed by atoms with van der Waals surface area (Å²) in [4.78, 5) is 0. The van der Waals surface area contributed by atoms with E-state index in [1.165, 1.54) is 0 Å². The quantitative estimate of drug-likeness (QED) is 0.522. The highest BCUT2D eigenvalue weighted by molar-refractivity contribution is 7.40. The minimum absolute atomic E-state index is 0.300. The van der Waals surface area contributed by atoms with E-state index in [0.29, 0.717) is 5.67 Å².